The van der Waals surface area contributed by atoms with E-state index in [1.807, 2.05) is 0 Å². The fraction of sp³-hybridized carbons (Fsp3) is 0.778. The van der Waals surface area contributed by atoms with Crippen LogP contribution in [0, 0.1) is 5.92 Å². The molecule has 80 valence electrons. The first kappa shape index (κ1) is 11.0. The second-order valence-electron chi connectivity index (χ2n) is 3.70. The highest BCUT2D eigenvalue weighted by molar-refractivity contribution is 5.82. The van der Waals surface area contributed by atoms with Gasteiger partial charge in [-0.05, 0) is 19.8 Å². The van der Waals surface area contributed by atoms with Crippen LogP contribution in [0.1, 0.15) is 19.8 Å². The molecule has 0 bridgehead atoms. The van der Waals surface area contributed by atoms with Crippen molar-refractivity contribution < 1.29 is 14.7 Å². The van der Waals surface area contributed by atoms with Crippen LogP contribution in [0.25, 0.3) is 0 Å². The Balaban J connectivity index is 2.56. The predicted octanol–water partition coefficient (Wildman–Crippen LogP) is -0.909. The zero-order chi connectivity index (χ0) is 10.7. The van der Waals surface area contributed by atoms with E-state index in [2.05, 4.69) is 0 Å². The molecule has 0 aliphatic carbocycles. The Morgan fingerprint density at radius 2 is 2.21 bits per heavy atom. The lowest BCUT2D eigenvalue weighted by molar-refractivity contribution is -0.142. The lowest BCUT2D eigenvalue weighted by Crippen LogP contribution is -2.47. The van der Waals surface area contributed by atoms with Gasteiger partial charge in [0.25, 0.3) is 5.91 Å². The number of amides is 2. The molecular weight excluding hydrogens is 184 g/mol. The number of rotatable bonds is 2. The third-order valence-electron chi connectivity index (χ3n) is 2.49. The lowest BCUT2D eigenvalue weighted by Gasteiger charge is -2.31. The molecule has 2 atom stereocenters. The average Bonchev–Trinajstić information content (AvgIpc) is 2.16. The summed E-state index contributed by atoms with van der Waals surface area (Å²) in [6.45, 7) is 2.38. The number of hydrogen-bond donors (Lipinski definition) is 2. The van der Waals surface area contributed by atoms with Gasteiger partial charge in [0.05, 0.1) is 5.92 Å². The molecule has 0 saturated carbocycles. The molecule has 14 heavy (non-hydrogen) atoms. The lowest BCUT2D eigenvalue weighted by atomic mass is 9.97. The third kappa shape index (κ3) is 2.45. The zero-order valence-electron chi connectivity index (χ0n) is 8.27. The first-order valence-electron chi connectivity index (χ1n) is 4.78. The Morgan fingerprint density at radius 3 is 2.71 bits per heavy atom. The normalized spacial score (nSPS) is 24.4. The molecule has 0 radical (unpaired) electrons. The van der Waals surface area contributed by atoms with Gasteiger partial charge in [-0.1, -0.05) is 0 Å². The minimum Gasteiger partial charge on any atom is -0.384 e. The van der Waals surface area contributed by atoms with Gasteiger partial charge < -0.3 is 15.7 Å². The van der Waals surface area contributed by atoms with Crippen LogP contribution < -0.4 is 5.73 Å². The molecule has 0 aromatic heterocycles. The highest BCUT2D eigenvalue weighted by atomic mass is 16.3. The van der Waals surface area contributed by atoms with Crippen molar-refractivity contribution in [3.8, 4) is 0 Å². The summed E-state index contributed by atoms with van der Waals surface area (Å²) in [5.41, 5.74) is 5.17. The monoisotopic (exact) mass is 200 g/mol. The summed E-state index contributed by atoms with van der Waals surface area (Å²) < 4.78 is 0. The highest BCUT2D eigenvalue weighted by Crippen LogP contribution is 2.16. The van der Waals surface area contributed by atoms with Crippen LogP contribution >= 0.6 is 0 Å². The number of nitrogens with zero attached hydrogens (tertiary/aromatic N) is 1. The van der Waals surface area contributed by atoms with Crippen LogP contribution in [0.3, 0.4) is 0 Å². The van der Waals surface area contributed by atoms with Gasteiger partial charge in [0, 0.05) is 13.1 Å². The van der Waals surface area contributed by atoms with Gasteiger partial charge in [0.2, 0.25) is 5.91 Å². The Labute approximate surface area is 82.9 Å². The van der Waals surface area contributed by atoms with E-state index in [0.717, 1.165) is 12.8 Å². The molecule has 5 heteroatoms. The number of aliphatic hydroxyl groups is 1. The molecule has 1 unspecified atom stereocenters. The molecule has 0 aromatic rings. The molecule has 1 saturated heterocycles. The molecule has 1 fully saturated rings. The zero-order valence-corrected chi connectivity index (χ0v) is 8.27. The van der Waals surface area contributed by atoms with Gasteiger partial charge in [-0.2, -0.15) is 0 Å². The van der Waals surface area contributed by atoms with Crippen molar-refractivity contribution in [3.63, 3.8) is 0 Å². The van der Waals surface area contributed by atoms with Crippen molar-refractivity contribution >= 4 is 11.8 Å². The van der Waals surface area contributed by atoms with Crippen LogP contribution in [0.4, 0.5) is 0 Å². The Hall–Kier alpha value is -1.10. The maximum Gasteiger partial charge on any atom is 0.251 e. The summed E-state index contributed by atoms with van der Waals surface area (Å²) in [5.74, 6) is -0.949. The maximum atomic E-state index is 11.4. The molecule has 2 amide bonds. The van der Waals surface area contributed by atoms with E-state index in [9.17, 15) is 9.59 Å². The summed E-state index contributed by atoms with van der Waals surface area (Å²) in [6, 6.07) is 0. The van der Waals surface area contributed by atoms with E-state index in [4.69, 9.17) is 10.8 Å². The maximum absolute atomic E-state index is 11.4. The highest BCUT2D eigenvalue weighted by Gasteiger charge is 2.28. The van der Waals surface area contributed by atoms with E-state index in [1.165, 1.54) is 11.8 Å². The quantitative estimate of drug-likeness (QED) is 0.605. The minimum absolute atomic E-state index is 0.258. The average molecular weight is 200 g/mol. The van der Waals surface area contributed by atoms with Crippen LogP contribution in [0.15, 0.2) is 0 Å². The number of primary amides is 1. The van der Waals surface area contributed by atoms with Gasteiger partial charge in [-0.3, -0.25) is 9.59 Å². The largest absolute Gasteiger partial charge is 0.384 e. The van der Waals surface area contributed by atoms with Crippen molar-refractivity contribution in [2.24, 2.45) is 11.7 Å². The molecule has 1 rings (SSSR count). The summed E-state index contributed by atoms with van der Waals surface area (Å²) >= 11 is 0. The second kappa shape index (κ2) is 4.41. The predicted molar refractivity (Wildman–Crippen MR) is 50.2 cm³/mol. The van der Waals surface area contributed by atoms with Crippen LogP contribution in [0.5, 0.6) is 0 Å². The van der Waals surface area contributed by atoms with E-state index in [1.54, 1.807) is 0 Å². The number of aliphatic hydroxyl groups excluding tert-OH is 1. The number of nitrogens with two attached hydrogens (primary N) is 1. The van der Waals surface area contributed by atoms with E-state index < -0.39 is 6.10 Å². The van der Waals surface area contributed by atoms with Gasteiger partial charge in [-0.15, -0.1) is 0 Å². The second-order valence-corrected chi connectivity index (χ2v) is 3.70. The molecule has 0 aromatic carbocycles. The van der Waals surface area contributed by atoms with E-state index in [0.29, 0.717) is 13.1 Å². The van der Waals surface area contributed by atoms with Crippen molar-refractivity contribution in [2.75, 3.05) is 13.1 Å². The Kier molecular flexibility index (Phi) is 3.46. The SMILES string of the molecule is C[C@H](O)C(=O)N1CCCC(C(N)=O)C1. The van der Waals surface area contributed by atoms with Crippen molar-refractivity contribution in [2.45, 2.75) is 25.9 Å². The summed E-state index contributed by atoms with van der Waals surface area (Å²) in [4.78, 5) is 23.8. The van der Waals surface area contributed by atoms with E-state index >= 15 is 0 Å². The fourth-order valence-electron chi connectivity index (χ4n) is 1.67. The summed E-state index contributed by atoms with van der Waals surface area (Å²) in [7, 11) is 0. The van der Waals surface area contributed by atoms with Gasteiger partial charge >= 0.3 is 0 Å². The molecule has 1 aliphatic heterocycles. The van der Waals surface area contributed by atoms with Crippen molar-refractivity contribution in [1.82, 2.24) is 4.90 Å². The first-order chi connectivity index (χ1) is 6.52. The molecule has 1 aliphatic rings. The van der Waals surface area contributed by atoms with E-state index in [-0.39, 0.29) is 17.7 Å². The van der Waals surface area contributed by atoms with Gasteiger partial charge in [-0.25, -0.2) is 0 Å². The topological polar surface area (TPSA) is 83.6 Å². The van der Waals surface area contributed by atoms with Crippen LogP contribution in [0.2, 0.25) is 0 Å². The number of carbonyl (C=O) groups excluding carboxylic acids is 2. The standard InChI is InChI=1S/C9H16N2O3/c1-6(12)9(14)11-4-2-3-7(5-11)8(10)13/h6-7,12H,2-5H2,1H3,(H2,10,13)/t6-,7?/m0/s1. The number of carbonyl (C=O) groups is 2. The molecule has 0 spiro atoms. The number of piperidine rings is 1. The van der Waals surface area contributed by atoms with Crippen LogP contribution in [-0.4, -0.2) is 41.0 Å². The Morgan fingerprint density at radius 1 is 1.57 bits per heavy atom. The number of likely N-dealkylation sites (tertiary alicyclic amines) is 1. The third-order valence-corrected chi connectivity index (χ3v) is 2.49. The van der Waals surface area contributed by atoms with Crippen LogP contribution in [-0.2, 0) is 9.59 Å². The van der Waals surface area contributed by atoms with Crippen molar-refractivity contribution in [3.05, 3.63) is 0 Å². The molecule has 5 nitrogen and oxygen atoms in total. The van der Waals surface area contributed by atoms with Gasteiger partial charge in [0.15, 0.2) is 0 Å². The summed E-state index contributed by atoms with van der Waals surface area (Å²) in [5, 5.41) is 9.09. The minimum atomic E-state index is -0.998. The Bertz CT molecular complexity index is 240. The molecule has 3 N–H and O–H groups in total. The molecule has 1 heterocycles. The van der Waals surface area contributed by atoms with Gasteiger partial charge in [0.1, 0.15) is 6.10 Å². The first-order valence-corrected chi connectivity index (χ1v) is 4.78. The number of hydrogen-bond acceptors (Lipinski definition) is 3. The van der Waals surface area contributed by atoms with Crippen molar-refractivity contribution in [1.29, 1.82) is 0 Å². The smallest absolute Gasteiger partial charge is 0.251 e. The molecular formula is C9H16N2O3. The summed E-state index contributed by atoms with van der Waals surface area (Å²) in [6.07, 6.45) is 0.506. The fourth-order valence-corrected chi connectivity index (χ4v) is 1.67.